The molecule has 5 rings (SSSR count). The molecule has 35 heavy (non-hydrogen) atoms. The minimum absolute atomic E-state index is 0.0977. The Balaban J connectivity index is 1.37. The number of aromatic nitrogens is 5. The third-order valence-electron chi connectivity index (χ3n) is 7.21. The van der Waals surface area contributed by atoms with Gasteiger partial charge in [0.05, 0.1) is 23.5 Å². The van der Waals surface area contributed by atoms with Crippen LogP contribution < -0.4 is 15.9 Å². The molecular weight excluding hydrogens is 456 g/mol. The van der Waals surface area contributed by atoms with E-state index in [1.54, 1.807) is 24.1 Å². The van der Waals surface area contributed by atoms with Crippen LogP contribution in [0.3, 0.4) is 0 Å². The summed E-state index contributed by atoms with van der Waals surface area (Å²) in [6.07, 6.45) is 4.00. The van der Waals surface area contributed by atoms with Crippen LogP contribution in [0.5, 0.6) is 5.75 Å². The number of halogens is 2. The van der Waals surface area contributed by atoms with E-state index >= 15 is 4.39 Å². The number of alkyl halides is 1. The molecule has 0 unspecified atom stereocenters. The maximum absolute atomic E-state index is 15.2. The average Bonchev–Trinajstić information content (AvgIpc) is 2.84. The molecule has 2 saturated heterocycles. The van der Waals surface area contributed by atoms with E-state index in [-0.39, 0.29) is 34.9 Å². The van der Waals surface area contributed by atoms with Gasteiger partial charge >= 0.3 is 5.69 Å². The quantitative estimate of drug-likeness (QED) is 0.545. The first kappa shape index (κ1) is 23.3. The fourth-order valence-corrected chi connectivity index (χ4v) is 5.16. The maximum atomic E-state index is 15.2. The molecule has 2 bridgehead atoms. The topological polar surface area (TPSA) is 109 Å². The highest BCUT2D eigenvalue weighted by Gasteiger charge is 2.47. The van der Waals surface area contributed by atoms with Gasteiger partial charge in [-0.15, -0.1) is 10.2 Å². The number of phenolic OH excluding ortho intramolecular Hbond substituents is 1. The molecular formula is C24H27F2N7O2. The Kier molecular flexibility index (Phi) is 5.74. The molecule has 0 radical (unpaired) electrons. The Hall–Kier alpha value is -3.47. The van der Waals surface area contributed by atoms with Crippen molar-refractivity contribution in [3.05, 3.63) is 46.9 Å². The first-order valence-corrected chi connectivity index (χ1v) is 11.6. The van der Waals surface area contributed by atoms with Crippen molar-refractivity contribution in [2.75, 3.05) is 11.9 Å². The minimum Gasteiger partial charge on any atom is -0.507 e. The van der Waals surface area contributed by atoms with Gasteiger partial charge in [0.25, 0.3) is 0 Å². The van der Waals surface area contributed by atoms with Crippen LogP contribution in [0, 0.1) is 5.95 Å². The summed E-state index contributed by atoms with van der Waals surface area (Å²) >= 11 is 0. The van der Waals surface area contributed by atoms with Gasteiger partial charge in [0, 0.05) is 37.3 Å². The van der Waals surface area contributed by atoms with Crippen LogP contribution in [0.4, 0.5) is 14.6 Å². The van der Waals surface area contributed by atoms with Crippen LogP contribution in [-0.4, -0.2) is 60.7 Å². The third kappa shape index (κ3) is 4.24. The van der Waals surface area contributed by atoms with E-state index in [9.17, 15) is 14.3 Å². The number of fused-ring (bicyclic) bond motifs is 2. The van der Waals surface area contributed by atoms with Crippen LogP contribution >= 0.6 is 0 Å². The van der Waals surface area contributed by atoms with Crippen molar-refractivity contribution < 1.29 is 13.9 Å². The van der Waals surface area contributed by atoms with Crippen molar-refractivity contribution in [3.63, 3.8) is 0 Å². The normalized spacial score (nSPS) is 25.9. The molecule has 2 aliphatic rings. The zero-order valence-corrected chi connectivity index (χ0v) is 19.7. The lowest BCUT2D eigenvalue weighted by Crippen LogP contribution is -2.66. The fourth-order valence-electron chi connectivity index (χ4n) is 5.16. The van der Waals surface area contributed by atoms with E-state index in [4.69, 9.17) is 0 Å². The van der Waals surface area contributed by atoms with Gasteiger partial charge in [-0.1, -0.05) is 6.07 Å². The number of aromatic hydroxyl groups is 1. The average molecular weight is 484 g/mol. The van der Waals surface area contributed by atoms with Crippen LogP contribution in [0.25, 0.3) is 22.6 Å². The van der Waals surface area contributed by atoms with E-state index in [2.05, 4.69) is 32.4 Å². The molecule has 0 amide bonds. The first-order chi connectivity index (χ1) is 16.6. The predicted molar refractivity (Wildman–Crippen MR) is 126 cm³/mol. The summed E-state index contributed by atoms with van der Waals surface area (Å²) < 4.78 is 29.9. The fraction of sp³-hybridized carbons (Fsp3) is 0.458. The molecule has 1 aromatic carbocycles. The molecule has 2 aliphatic heterocycles. The van der Waals surface area contributed by atoms with Crippen LogP contribution in [-0.2, 0) is 7.05 Å². The Labute approximate surface area is 200 Å². The third-order valence-corrected chi connectivity index (χ3v) is 7.21. The number of hydrogen-bond acceptors (Lipinski definition) is 8. The number of nitrogens with zero attached hydrogens (tertiary/aromatic N) is 6. The Morgan fingerprint density at radius 2 is 2.09 bits per heavy atom. The number of phenols is 1. The van der Waals surface area contributed by atoms with E-state index in [1.807, 2.05) is 0 Å². The van der Waals surface area contributed by atoms with Crippen LogP contribution in [0.2, 0.25) is 0 Å². The Morgan fingerprint density at radius 1 is 1.29 bits per heavy atom. The summed E-state index contributed by atoms with van der Waals surface area (Å²) in [5.74, 6) is -0.282. The lowest BCUT2D eigenvalue weighted by Gasteiger charge is -2.51. The molecule has 184 valence electrons. The summed E-state index contributed by atoms with van der Waals surface area (Å²) in [5, 5.41) is 22.4. The second kappa shape index (κ2) is 8.63. The van der Waals surface area contributed by atoms with Crippen molar-refractivity contribution in [1.82, 2.24) is 30.0 Å². The SMILES string of the molecule is CN(c1cnc(-c2ccc(-c3cc(F)n(C)c(=O)n3)cc2O)nn1)[C@@H]1C[C@@]2(C)CCC[C@@H](N2)[C@@H]1F. The van der Waals surface area contributed by atoms with Crippen LogP contribution in [0.15, 0.2) is 35.3 Å². The maximum Gasteiger partial charge on any atom is 0.350 e. The largest absolute Gasteiger partial charge is 0.507 e. The molecule has 0 saturated carbocycles. The van der Waals surface area contributed by atoms with Gasteiger partial charge in [-0.3, -0.25) is 4.57 Å². The minimum atomic E-state index is -1.03. The van der Waals surface area contributed by atoms with Crippen molar-refractivity contribution >= 4 is 5.82 Å². The molecule has 2 fully saturated rings. The van der Waals surface area contributed by atoms with Gasteiger partial charge in [0.15, 0.2) is 17.6 Å². The molecule has 9 nitrogen and oxygen atoms in total. The molecule has 2 aromatic heterocycles. The molecule has 4 heterocycles. The summed E-state index contributed by atoms with van der Waals surface area (Å²) in [5.41, 5.74) is -0.0555. The van der Waals surface area contributed by atoms with E-state index < -0.39 is 17.8 Å². The zero-order chi connectivity index (χ0) is 24.9. The van der Waals surface area contributed by atoms with Gasteiger partial charge in [0.1, 0.15) is 11.9 Å². The second-order valence-electron chi connectivity index (χ2n) is 9.71. The second-order valence-corrected chi connectivity index (χ2v) is 9.71. The predicted octanol–water partition coefficient (Wildman–Crippen LogP) is 2.59. The van der Waals surface area contributed by atoms with Gasteiger partial charge in [0.2, 0.25) is 0 Å². The molecule has 2 N–H and O–H groups in total. The van der Waals surface area contributed by atoms with Gasteiger partial charge in [-0.05, 0) is 44.7 Å². The van der Waals surface area contributed by atoms with E-state index in [0.717, 1.165) is 29.9 Å². The molecule has 4 atom stereocenters. The van der Waals surface area contributed by atoms with Crippen molar-refractivity contribution in [3.8, 4) is 28.4 Å². The van der Waals surface area contributed by atoms with Crippen molar-refractivity contribution in [2.45, 2.75) is 56.4 Å². The monoisotopic (exact) mass is 483 g/mol. The van der Waals surface area contributed by atoms with Crippen molar-refractivity contribution in [2.24, 2.45) is 7.05 Å². The molecule has 0 spiro atoms. The van der Waals surface area contributed by atoms with Gasteiger partial charge in [-0.25, -0.2) is 14.2 Å². The summed E-state index contributed by atoms with van der Waals surface area (Å²) in [6.45, 7) is 2.14. The Morgan fingerprint density at radius 3 is 2.77 bits per heavy atom. The van der Waals surface area contributed by atoms with E-state index in [0.29, 0.717) is 23.4 Å². The highest BCUT2D eigenvalue weighted by Crippen LogP contribution is 2.38. The summed E-state index contributed by atoms with van der Waals surface area (Å²) in [6, 6.07) is 5.11. The molecule has 0 aliphatic carbocycles. The van der Waals surface area contributed by atoms with Crippen molar-refractivity contribution in [1.29, 1.82) is 0 Å². The van der Waals surface area contributed by atoms with Gasteiger partial charge < -0.3 is 15.3 Å². The zero-order valence-electron chi connectivity index (χ0n) is 19.7. The number of benzene rings is 1. The summed E-state index contributed by atoms with van der Waals surface area (Å²) in [4.78, 5) is 21.8. The highest BCUT2D eigenvalue weighted by molar-refractivity contribution is 5.71. The molecule has 11 heteroatoms. The lowest BCUT2D eigenvalue weighted by molar-refractivity contribution is 0.0607. The smallest absolute Gasteiger partial charge is 0.350 e. The van der Waals surface area contributed by atoms with Gasteiger partial charge in [-0.2, -0.15) is 9.37 Å². The van der Waals surface area contributed by atoms with E-state index in [1.165, 1.54) is 19.3 Å². The summed E-state index contributed by atoms with van der Waals surface area (Å²) in [7, 11) is 3.08. The number of rotatable bonds is 4. The Bertz CT molecular complexity index is 1320. The highest BCUT2D eigenvalue weighted by atomic mass is 19.1. The number of nitrogens with one attached hydrogen (secondary N) is 1. The first-order valence-electron chi connectivity index (χ1n) is 11.6. The number of hydrogen-bond donors (Lipinski definition) is 2. The van der Waals surface area contributed by atoms with Crippen LogP contribution in [0.1, 0.15) is 32.6 Å². The number of piperidine rings is 2. The lowest BCUT2D eigenvalue weighted by atomic mass is 9.74. The number of anilines is 1. The standard InChI is InChI=1S/C24H27F2N7O2/c1-24-8-4-5-15(29-24)21(26)17(11-24)32(2)20-12-27-22(31-30-20)14-7-6-13(9-18(14)34)16-10-19(25)33(3)23(35)28-16/h6-7,9-10,12,15,17,21,29,34H,4-5,8,11H2,1-3H3/t15-,17-,21+,24-/m1/s1. The molecule has 3 aromatic rings.